The predicted octanol–water partition coefficient (Wildman–Crippen LogP) is 3.46. The number of aromatic nitrogens is 1. The van der Waals surface area contributed by atoms with Gasteiger partial charge < -0.3 is 10.2 Å². The summed E-state index contributed by atoms with van der Waals surface area (Å²) < 4.78 is 0. The first-order chi connectivity index (χ1) is 11.1. The largest absolute Gasteiger partial charge is 0.338 e. The van der Waals surface area contributed by atoms with E-state index in [2.05, 4.69) is 5.32 Å². The second kappa shape index (κ2) is 6.17. The Morgan fingerprint density at radius 2 is 1.83 bits per heavy atom. The van der Waals surface area contributed by atoms with Crippen LogP contribution in [-0.4, -0.2) is 41.0 Å². The third kappa shape index (κ3) is 2.93. The Labute approximate surface area is 142 Å². The number of nitrogens with one attached hydrogen (secondary N) is 1. The molecule has 2 unspecified atom stereocenters. The van der Waals surface area contributed by atoms with Gasteiger partial charge in [-0.1, -0.05) is 12.8 Å². The molecule has 3 fully saturated rings. The van der Waals surface area contributed by atoms with Crippen LogP contribution in [0.3, 0.4) is 0 Å². The summed E-state index contributed by atoms with van der Waals surface area (Å²) in [6, 6.07) is 1.62. The van der Waals surface area contributed by atoms with Crippen molar-refractivity contribution < 1.29 is 4.79 Å². The zero-order chi connectivity index (χ0) is 16.0. The summed E-state index contributed by atoms with van der Waals surface area (Å²) in [7, 11) is 1.99. The SMILES string of the molecule is Cc1nc(C2CCCC2)sc1C(=O)N(C)C1CC2CCC(C1)N2. The molecule has 1 amide bonds. The Morgan fingerprint density at radius 3 is 2.48 bits per heavy atom. The van der Waals surface area contributed by atoms with E-state index >= 15 is 0 Å². The van der Waals surface area contributed by atoms with Gasteiger partial charge in [0.2, 0.25) is 0 Å². The number of fused-ring (bicyclic) bond motifs is 2. The van der Waals surface area contributed by atoms with Crippen LogP contribution < -0.4 is 5.32 Å². The summed E-state index contributed by atoms with van der Waals surface area (Å²) in [4.78, 5) is 20.6. The molecule has 2 aliphatic heterocycles. The van der Waals surface area contributed by atoms with E-state index in [1.54, 1.807) is 11.3 Å². The third-order valence-electron chi connectivity index (χ3n) is 6.03. The first kappa shape index (κ1) is 15.6. The summed E-state index contributed by atoms with van der Waals surface area (Å²) in [5, 5.41) is 4.86. The van der Waals surface area contributed by atoms with E-state index in [1.165, 1.54) is 43.5 Å². The predicted molar refractivity (Wildman–Crippen MR) is 93.1 cm³/mol. The smallest absolute Gasteiger partial charge is 0.265 e. The van der Waals surface area contributed by atoms with Crippen LogP contribution in [0.4, 0.5) is 0 Å². The molecule has 23 heavy (non-hydrogen) atoms. The molecule has 126 valence electrons. The van der Waals surface area contributed by atoms with Crippen molar-refractivity contribution >= 4 is 17.2 Å². The highest BCUT2D eigenvalue weighted by molar-refractivity contribution is 7.13. The minimum atomic E-state index is 0.190. The number of nitrogens with zero attached hydrogens (tertiary/aromatic N) is 2. The van der Waals surface area contributed by atoms with Gasteiger partial charge in [-0.2, -0.15) is 0 Å². The monoisotopic (exact) mass is 333 g/mol. The van der Waals surface area contributed by atoms with Gasteiger partial charge in [0.05, 0.1) is 10.7 Å². The summed E-state index contributed by atoms with van der Waals surface area (Å²) in [5.74, 6) is 0.788. The van der Waals surface area contributed by atoms with E-state index in [0.717, 1.165) is 23.4 Å². The molecule has 2 bridgehead atoms. The van der Waals surface area contributed by atoms with Gasteiger partial charge in [-0.3, -0.25) is 4.79 Å². The summed E-state index contributed by atoms with van der Waals surface area (Å²) in [6.45, 7) is 2.00. The van der Waals surface area contributed by atoms with Crippen molar-refractivity contribution in [3.05, 3.63) is 15.6 Å². The van der Waals surface area contributed by atoms with Crippen LogP contribution in [0.2, 0.25) is 0 Å². The zero-order valence-electron chi connectivity index (χ0n) is 14.2. The molecule has 1 N–H and O–H groups in total. The number of rotatable bonds is 3. The number of hydrogen-bond donors (Lipinski definition) is 1. The third-order valence-corrected chi connectivity index (χ3v) is 7.34. The standard InChI is InChI=1S/C18H27N3OS/c1-11-16(23-17(19-11)12-5-3-4-6-12)18(22)21(2)15-9-13-7-8-14(10-15)20-13/h12-15,20H,3-10H2,1-2H3. The van der Waals surface area contributed by atoms with Crippen molar-refractivity contribution in [2.24, 2.45) is 0 Å². The lowest BCUT2D eigenvalue weighted by Gasteiger charge is -2.35. The van der Waals surface area contributed by atoms with Crippen molar-refractivity contribution in [3.63, 3.8) is 0 Å². The fourth-order valence-electron chi connectivity index (χ4n) is 4.63. The number of carbonyl (C=O) groups is 1. The molecule has 0 radical (unpaired) electrons. The second-order valence-corrected chi connectivity index (χ2v) is 8.66. The minimum absolute atomic E-state index is 0.190. The van der Waals surface area contributed by atoms with Crippen LogP contribution in [0.1, 0.15) is 77.7 Å². The first-order valence-electron chi connectivity index (χ1n) is 9.12. The number of piperidine rings is 1. The number of amides is 1. The maximum absolute atomic E-state index is 13.0. The molecular weight excluding hydrogens is 306 g/mol. The topological polar surface area (TPSA) is 45.2 Å². The fraction of sp³-hybridized carbons (Fsp3) is 0.778. The summed E-state index contributed by atoms with van der Waals surface area (Å²) >= 11 is 1.66. The number of aryl methyl sites for hydroxylation is 1. The van der Waals surface area contributed by atoms with Crippen LogP contribution >= 0.6 is 11.3 Å². The molecule has 2 atom stereocenters. The van der Waals surface area contributed by atoms with Crippen LogP contribution in [-0.2, 0) is 0 Å². The highest BCUT2D eigenvalue weighted by Crippen LogP contribution is 2.38. The van der Waals surface area contributed by atoms with Crippen molar-refractivity contribution in [2.45, 2.75) is 82.3 Å². The molecule has 3 heterocycles. The molecule has 4 nitrogen and oxygen atoms in total. The Kier molecular flexibility index (Phi) is 4.18. The number of hydrogen-bond acceptors (Lipinski definition) is 4. The van der Waals surface area contributed by atoms with Gasteiger partial charge in [-0.15, -0.1) is 11.3 Å². The molecule has 1 saturated carbocycles. The van der Waals surface area contributed by atoms with Crippen molar-refractivity contribution in [1.29, 1.82) is 0 Å². The molecule has 0 spiro atoms. The van der Waals surface area contributed by atoms with Crippen LogP contribution in [0.15, 0.2) is 0 Å². The molecule has 1 aromatic heterocycles. The van der Waals surface area contributed by atoms with Gasteiger partial charge in [-0.05, 0) is 45.4 Å². The van der Waals surface area contributed by atoms with Gasteiger partial charge in [0, 0.05) is 31.1 Å². The van der Waals surface area contributed by atoms with E-state index in [0.29, 0.717) is 24.0 Å². The van der Waals surface area contributed by atoms with Gasteiger partial charge in [-0.25, -0.2) is 4.98 Å². The van der Waals surface area contributed by atoms with Gasteiger partial charge in [0.25, 0.3) is 5.91 Å². The molecule has 5 heteroatoms. The second-order valence-electron chi connectivity index (χ2n) is 7.63. The Bertz CT molecular complexity index is 581. The van der Waals surface area contributed by atoms with E-state index < -0.39 is 0 Å². The minimum Gasteiger partial charge on any atom is -0.338 e. The normalized spacial score (nSPS) is 30.8. The Hall–Kier alpha value is -0.940. The quantitative estimate of drug-likeness (QED) is 0.921. The lowest BCUT2D eigenvalue weighted by atomic mass is 9.98. The maximum atomic E-state index is 13.0. The first-order valence-corrected chi connectivity index (χ1v) is 9.94. The molecule has 2 saturated heterocycles. The highest BCUT2D eigenvalue weighted by atomic mass is 32.1. The van der Waals surface area contributed by atoms with E-state index in [1.807, 2.05) is 18.9 Å². The molecular formula is C18H27N3OS. The van der Waals surface area contributed by atoms with Crippen LogP contribution in [0.5, 0.6) is 0 Å². The maximum Gasteiger partial charge on any atom is 0.265 e. The number of thiazole rings is 1. The summed E-state index contributed by atoms with van der Waals surface area (Å²) in [5.41, 5.74) is 0.936. The Morgan fingerprint density at radius 1 is 1.17 bits per heavy atom. The molecule has 1 aromatic rings. The highest BCUT2D eigenvalue weighted by Gasteiger charge is 2.37. The van der Waals surface area contributed by atoms with Crippen LogP contribution in [0.25, 0.3) is 0 Å². The molecule has 1 aliphatic carbocycles. The van der Waals surface area contributed by atoms with Gasteiger partial charge in [0.15, 0.2) is 0 Å². The molecule has 4 rings (SSSR count). The average molecular weight is 334 g/mol. The zero-order valence-corrected chi connectivity index (χ0v) is 15.0. The van der Waals surface area contributed by atoms with Gasteiger partial charge >= 0.3 is 0 Å². The lowest BCUT2D eigenvalue weighted by Crippen LogP contribution is -2.48. The van der Waals surface area contributed by atoms with Crippen molar-refractivity contribution in [1.82, 2.24) is 15.2 Å². The van der Waals surface area contributed by atoms with Gasteiger partial charge in [0.1, 0.15) is 4.88 Å². The van der Waals surface area contributed by atoms with E-state index in [9.17, 15) is 4.79 Å². The fourth-order valence-corrected chi connectivity index (χ4v) is 5.85. The summed E-state index contributed by atoms with van der Waals surface area (Å²) in [6.07, 6.45) is 9.86. The van der Waals surface area contributed by atoms with Crippen molar-refractivity contribution in [3.8, 4) is 0 Å². The van der Waals surface area contributed by atoms with Crippen molar-refractivity contribution in [2.75, 3.05) is 7.05 Å². The molecule has 0 aromatic carbocycles. The molecule has 3 aliphatic rings. The Balaban J connectivity index is 1.49. The number of carbonyl (C=O) groups excluding carboxylic acids is 1. The van der Waals surface area contributed by atoms with E-state index in [-0.39, 0.29) is 5.91 Å². The average Bonchev–Trinajstić information content (AvgIpc) is 3.26. The lowest BCUT2D eigenvalue weighted by molar-refractivity contribution is 0.0685. The van der Waals surface area contributed by atoms with Crippen LogP contribution in [0, 0.1) is 6.92 Å². The van der Waals surface area contributed by atoms with E-state index in [4.69, 9.17) is 4.98 Å².